The van der Waals surface area contributed by atoms with Gasteiger partial charge in [0.15, 0.2) is 5.78 Å². The van der Waals surface area contributed by atoms with Crippen LogP contribution in [0.4, 0.5) is 0 Å². The van der Waals surface area contributed by atoms with Gasteiger partial charge in [-0.05, 0) is 32.1 Å². The summed E-state index contributed by atoms with van der Waals surface area (Å²) in [6.45, 7) is 6.68. The minimum Gasteiger partial charge on any atom is -0.383 e. The Morgan fingerprint density at radius 1 is 1.23 bits per heavy atom. The van der Waals surface area contributed by atoms with Crippen LogP contribution in [0.25, 0.3) is 11.4 Å². The molecule has 0 saturated heterocycles. The summed E-state index contributed by atoms with van der Waals surface area (Å²) < 4.78 is 7.37. The van der Waals surface area contributed by atoms with Crippen LogP contribution in [-0.4, -0.2) is 44.3 Å². The topological polar surface area (TPSA) is 74.8 Å². The lowest BCUT2D eigenvalue weighted by Gasteiger charge is -2.17. The highest BCUT2D eigenvalue weighted by Crippen LogP contribution is 2.21. The van der Waals surface area contributed by atoms with Crippen molar-refractivity contribution in [3.63, 3.8) is 0 Å². The van der Waals surface area contributed by atoms with Gasteiger partial charge < -0.3 is 9.30 Å². The van der Waals surface area contributed by atoms with Crippen molar-refractivity contribution in [2.75, 3.05) is 13.7 Å². The third kappa shape index (κ3) is 3.57. The SMILES string of the molecule is COC[C@H](C)n1c(C)cc(C(=O)Cn2nnc(-c3ccccc3)n2)c1C. The maximum Gasteiger partial charge on any atom is 0.204 e. The molecular formula is C19H23N5O2. The highest BCUT2D eigenvalue weighted by atomic mass is 16.5. The molecule has 2 aromatic heterocycles. The molecule has 0 amide bonds. The number of tetrazole rings is 1. The van der Waals surface area contributed by atoms with E-state index in [1.54, 1.807) is 7.11 Å². The minimum absolute atomic E-state index is 0.0361. The molecule has 1 atom stereocenters. The molecule has 0 aliphatic carbocycles. The number of methoxy groups -OCH3 is 1. The summed E-state index contributed by atoms with van der Waals surface area (Å²) in [5, 5.41) is 12.4. The average Bonchev–Trinajstić information content (AvgIpc) is 3.20. The molecule has 0 radical (unpaired) electrons. The number of hydrogen-bond acceptors (Lipinski definition) is 5. The van der Waals surface area contributed by atoms with Crippen molar-refractivity contribution >= 4 is 5.78 Å². The fourth-order valence-corrected chi connectivity index (χ4v) is 3.28. The van der Waals surface area contributed by atoms with Crippen molar-refractivity contribution < 1.29 is 9.53 Å². The molecule has 0 aliphatic heterocycles. The van der Waals surface area contributed by atoms with E-state index in [2.05, 4.69) is 26.9 Å². The first-order valence-electron chi connectivity index (χ1n) is 8.55. The summed E-state index contributed by atoms with van der Waals surface area (Å²) in [7, 11) is 1.68. The Balaban J connectivity index is 1.79. The molecule has 136 valence electrons. The van der Waals surface area contributed by atoms with Crippen LogP contribution in [0.5, 0.6) is 0 Å². The van der Waals surface area contributed by atoms with E-state index in [0.717, 1.165) is 17.0 Å². The van der Waals surface area contributed by atoms with Gasteiger partial charge in [-0.1, -0.05) is 30.3 Å². The number of carbonyl (C=O) groups excluding carboxylic acids is 1. The smallest absolute Gasteiger partial charge is 0.204 e. The van der Waals surface area contributed by atoms with Gasteiger partial charge in [0.1, 0.15) is 6.54 Å². The average molecular weight is 353 g/mol. The number of Topliss-reactive ketones (excluding diaryl/α,β-unsaturated/α-hetero) is 1. The van der Waals surface area contributed by atoms with Crippen LogP contribution in [0.1, 0.15) is 34.7 Å². The molecule has 0 bridgehead atoms. The van der Waals surface area contributed by atoms with Gasteiger partial charge in [0.25, 0.3) is 0 Å². The number of hydrogen-bond donors (Lipinski definition) is 0. The second kappa shape index (κ2) is 7.61. The lowest BCUT2D eigenvalue weighted by Crippen LogP contribution is -2.16. The molecule has 0 N–H and O–H groups in total. The number of rotatable bonds is 7. The summed E-state index contributed by atoms with van der Waals surface area (Å²) in [5.74, 6) is 0.476. The molecule has 0 spiro atoms. The van der Waals surface area contributed by atoms with E-state index in [9.17, 15) is 4.79 Å². The van der Waals surface area contributed by atoms with Crippen LogP contribution < -0.4 is 0 Å². The first-order valence-corrected chi connectivity index (χ1v) is 8.55. The third-order valence-corrected chi connectivity index (χ3v) is 4.40. The van der Waals surface area contributed by atoms with Crippen LogP contribution in [0.2, 0.25) is 0 Å². The van der Waals surface area contributed by atoms with E-state index in [1.165, 1.54) is 4.80 Å². The molecule has 0 unspecified atom stereocenters. The molecule has 3 aromatic rings. The molecule has 2 heterocycles. The van der Waals surface area contributed by atoms with E-state index in [1.807, 2.05) is 50.2 Å². The van der Waals surface area contributed by atoms with Gasteiger partial charge in [-0.15, -0.1) is 10.2 Å². The standard InChI is InChI=1S/C19H23N5O2/c1-13-10-17(15(3)24(13)14(2)12-26-4)18(25)11-23-21-19(20-22-23)16-8-6-5-7-9-16/h5-10,14H,11-12H2,1-4H3/t14-/m0/s1. The van der Waals surface area contributed by atoms with E-state index < -0.39 is 0 Å². The molecular weight excluding hydrogens is 330 g/mol. The van der Waals surface area contributed by atoms with Crippen molar-refractivity contribution in [1.29, 1.82) is 0 Å². The Morgan fingerprint density at radius 3 is 2.65 bits per heavy atom. The summed E-state index contributed by atoms with van der Waals surface area (Å²) in [4.78, 5) is 14.1. The predicted molar refractivity (Wildman–Crippen MR) is 98.1 cm³/mol. The fourth-order valence-electron chi connectivity index (χ4n) is 3.28. The highest BCUT2D eigenvalue weighted by Gasteiger charge is 2.20. The van der Waals surface area contributed by atoms with Crippen molar-refractivity contribution in [1.82, 2.24) is 24.8 Å². The summed E-state index contributed by atoms with van der Waals surface area (Å²) in [6, 6.07) is 11.7. The van der Waals surface area contributed by atoms with E-state index >= 15 is 0 Å². The zero-order valence-electron chi connectivity index (χ0n) is 15.5. The Kier molecular flexibility index (Phi) is 5.27. The summed E-state index contributed by atoms with van der Waals surface area (Å²) >= 11 is 0. The number of carbonyl (C=O) groups is 1. The molecule has 3 rings (SSSR count). The normalized spacial score (nSPS) is 12.3. The molecule has 26 heavy (non-hydrogen) atoms. The number of nitrogens with zero attached hydrogens (tertiary/aromatic N) is 5. The van der Waals surface area contributed by atoms with Crippen molar-refractivity contribution in [2.45, 2.75) is 33.4 Å². The van der Waals surface area contributed by atoms with E-state index in [-0.39, 0.29) is 18.4 Å². The Hall–Kier alpha value is -2.80. The lowest BCUT2D eigenvalue weighted by molar-refractivity contribution is 0.0960. The summed E-state index contributed by atoms with van der Waals surface area (Å²) in [6.07, 6.45) is 0. The van der Waals surface area contributed by atoms with Crippen LogP contribution in [0.15, 0.2) is 36.4 Å². The zero-order chi connectivity index (χ0) is 18.7. The van der Waals surface area contributed by atoms with Gasteiger partial charge in [-0.2, -0.15) is 4.80 Å². The number of benzene rings is 1. The van der Waals surface area contributed by atoms with Gasteiger partial charge in [-0.3, -0.25) is 4.79 Å². The Bertz CT molecular complexity index is 898. The molecule has 7 heteroatoms. The first-order chi connectivity index (χ1) is 12.5. The number of aryl methyl sites for hydroxylation is 1. The quantitative estimate of drug-likeness (QED) is 0.611. The molecule has 0 fully saturated rings. The molecule has 7 nitrogen and oxygen atoms in total. The van der Waals surface area contributed by atoms with Gasteiger partial charge in [0, 0.05) is 29.6 Å². The predicted octanol–water partition coefficient (Wildman–Crippen LogP) is 2.85. The van der Waals surface area contributed by atoms with Crippen LogP contribution in [0, 0.1) is 13.8 Å². The highest BCUT2D eigenvalue weighted by molar-refractivity contribution is 5.97. The minimum atomic E-state index is -0.0361. The maximum absolute atomic E-state index is 12.8. The van der Waals surface area contributed by atoms with Gasteiger partial charge >= 0.3 is 0 Å². The number of ketones is 1. The van der Waals surface area contributed by atoms with Crippen molar-refractivity contribution in [3.8, 4) is 11.4 Å². The van der Waals surface area contributed by atoms with Crippen molar-refractivity contribution in [2.24, 2.45) is 0 Å². The number of ether oxygens (including phenoxy) is 1. The van der Waals surface area contributed by atoms with Gasteiger partial charge in [0.2, 0.25) is 5.82 Å². The molecule has 0 saturated carbocycles. The second-order valence-electron chi connectivity index (χ2n) is 6.39. The van der Waals surface area contributed by atoms with E-state index in [4.69, 9.17) is 4.74 Å². The van der Waals surface area contributed by atoms with Crippen LogP contribution in [-0.2, 0) is 11.3 Å². The van der Waals surface area contributed by atoms with Crippen LogP contribution in [0.3, 0.4) is 0 Å². The first kappa shape index (κ1) is 18.0. The number of aromatic nitrogens is 5. The molecule has 0 aliphatic rings. The second-order valence-corrected chi connectivity index (χ2v) is 6.39. The summed E-state index contributed by atoms with van der Waals surface area (Å²) in [5.41, 5.74) is 3.52. The Morgan fingerprint density at radius 2 is 1.96 bits per heavy atom. The fraction of sp³-hybridized carbons (Fsp3) is 0.368. The monoisotopic (exact) mass is 353 g/mol. The zero-order valence-corrected chi connectivity index (χ0v) is 15.5. The van der Waals surface area contributed by atoms with Gasteiger partial charge in [-0.25, -0.2) is 0 Å². The Labute approximate surface area is 152 Å². The third-order valence-electron chi connectivity index (χ3n) is 4.40. The largest absolute Gasteiger partial charge is 0.383 e. The van der Waals surface area contributed by atoms with E-state index in [0.29, 0.717) is 18.0 Å². The molecule has 1 aromatic carbocycles. The maximum atomic E-state index is 12.8. The van der Waals surface area contributed by atoms with Gasteiger partial charge in [0.05, 0.1) is 12.6 Å². The van der Waals surface area contributed by atoms with Crippen LogP contribution >= 0.6 is 0 Å². The lowest BCUT2D eigenvalue weighted by atomic mass is 10.1. The van der Waals surface area contributed by atoms with Crippen molar-refractivity contribution in [3.05, 3.63) is 53.3 Å².